The van der Waals surface area contributed by atoms with Crippen molar-refractivity contribution in [3.8, 4) is 5.75 Å². The van der Waals surface area contributed by atoms with E-state index in [1.165, 1.54) is 0 Å². The number of hydrogen-bond donors (Lipinski definition) is 2. The summed E-state index contributed by atoms with van der Waals surface area (Å²) >= 11 is 0. The number of benzene rings is 1. The Kier molecular flexibility index (Phi) is 10.4. The van der Waals surface area contributed by atoms with Gasteiger partial charge in [0.15, 0.2) is 0 Å². The predicted octanol–water partition coefficient (Wildman–Crippen LogP) is 4.48. The maximum Gasteiger partial charge on any atom is 0.303 e. The number of rotatable bonds is 14. The number of nitrogens with zero attached hydrogens (tertiary/aromatic N) is 1. The number of aliphatic carboxylic acids is 1. The molecule has 166 valence electrons. The molecule has 1 aromatic carbocycles. The maximum absolute atomic E-state index is 12.2. The maximum atomic E-state index is 12.2. The van der Waals surface area contributed by atoms with E-state index in [9.17, 15) is 14.7 Å². The number of aliphatic hydroxyl groups is 1. The smallest absolute Gasteiger partial charge is 0.303 e. The van der Waals surface area contributed by atoms with Crippen molar-refractivity contribution in [3.63, 3.8) is 0 Å². The van der Waals surface area contributed by atoms with Gasteiger partial charge in [-0.05, 0) is 43.4 Å². The van der Waals surface area contributed by atoms with Crippen LogP contribution in [0.25, 0.3) is 0 Å². The van der Waals surface area contributed by atoms with Crippen LogP contribution in [0.2, 0.25) is 0 Å². The third-order valence-corrected chi connectivity index (χ3v) is 5.40. The van der Waals surface area contributed by atoms with E-state index in [-0.39, 0.29) is 18.4 Å². The van der Waals surface area contributed by atoms with Crippen molar-refractivity contribution in [2.45, 2.75) is 76.9 Å². The zero-order valence-corrected chi connectivity index (χ0v) is 18.0. The Morgan fingerprint density at radius 2 is 2.07 bits per heavy atom. The molecule has 1 aliphatic rings. The molecule has 1 heterocycles. The van der Waals surface area contributed by atoms with E-state index < -0.39 is 12.1 Å². The largest absolute Gasteiger partial charge is 0.494 e. The molecule has 0 saturated carbocycles. The summed E-state index contributed by atoms with van der Waals surface area (Å²) < 4.78 is 5.71. The molecule has 2 rings (SSSR count). The average molecular weight is 418 g/mol. The van der Waals surface area contributed by atoms with E-state index in [1.54, 1.807) is 6.08 Å². The van der Waals surface area contributed by atoms with Gasteiger partial charge < -0.3 is 19.8 Å². The van der Waals surface area contributed by atoms with Crippen LogP contribution in [0.4, 0.5) is 0 Å². The second-order valence-corrected chi connectivity index (χ2v) is 7.86. The van der Waals surface area contributed by atoms with Crippen LogP contribution in [0.15, 0.2) is 36.4 Å². The lowest BCUT2D eigenvalue weighted by Crippen LogP contribution is -2.32. The number of ether oxygens (including phenoxy) is 1. The third kappa shape index (κ3) is 8.19. The molecule has 0 spiro atoms. The highest BCUT2D eigenvalue weighted by molar-refractivity contribution is 5.79. The molecule has 1 saturated heterocycles. The zero-order valence-electron chi connectivity index (χ0n) is 18.0. The molecule has 2 N–H and O–H groups in total. The Hall–Kier alpha value is -2.34. The van der Waals surface area contributed by atoms with Crippen LogP contribution in [0, 0.1) is 0 Å². The standard InChI is InChI=1S/C24H35NO5/c1-2-3-17-30-21-10-8-9-19(18-21)22(26)14-12-20-13-15-23(27)25(20)16-7-5-4-6-11-24(28)29/h8-10,12,14,18,20,22,26H,2-7,11,13,15-17H2,1H3,(H,28,29)/b14-12+/t20?,22-/m1/s1. The number of carboxylic acids is 1. The van der Waals surface area contributed by atoms with Gasteiger partial charge in [0, 0.05) is 19.4 Å². The van der Waals surface area contributed by atoms with Crippen LogP contribution in [0.1, 0.15) is 76.4 Å². The van der Waals surface area contributed by atoms with E-state index >= 15 is 0 Å². The fourth-order valence-electron chi connectivity index (χ4n) is 3.63. The second kappa shape index (κ2) is 13.1. The number of carbonyl (C=O) groups excluding carboxylic acids is 1. The Morgan fingerprint density at radius 1 is 1.27 bits per heavy atom. The van der Waals surface area contributed by atoms with E-state index in [1.807, 2.05) is 35.2 Å². The van der Waals surface area contributed by atoms with Crippen LogP contribution < -0.4 is 4.74 Å². The minimum atomic E-state index is -0.758. The zero-order chi connectivity index (χ0) is 21.8. The summed E-state index contributed by atoms with van der Waals surface area (Å²) in [5.41, 5.74) is 0.773. The monoisotopic (exact) mass is 417 g/mol. The number of carbonyl (C=O) groups is 2. The van der Waals surface area contributed by atoms with Crippen molar-refractivity contribution in [2.75, 3.05) is 13.2 Å². The predicted molar refractivity (Wildman–Crippen MR) is 116 cm³/mol. The summed E-state index contributed by atoms with van der Waals surface area (Å²) in [4.78, 5) is 24.6. The van der Waals surface area contributed by atoms with Crippen molar-refractivity contribution in [2.24, 2.45) is 0 Å². The number of likely N-dealkylation sites (tertiary alicyclic amines) is 1. The molecule has 6 heteroatoms. The molecule has 6 nitrogen and oxygen atoms in total. The van der Waals surface area contributed by atoms with Gasteiger partial charge in [-0.2, -0.15) is 0 Å². The highest BCUT2D eigenvalue weighted by Gasteiger charge is 2.28. The fraction of sp³-hybridized carbons (Fsp3) is 0.583. The minimum Gasteiger partial charge on any atom is -0.494 e. The molecule has 1 unspecified atom stereocenters. The van der Waals surface area contributed by atoms with Gasteiger partial charge in [-0.15, -0.1) is 0 Å². The Morgan fingerprint density at radius 3 is 2.83 bits per heavy atom. The second-order valence-electron chi connectivity index (χ2n) is 7.86. The van der Waals surface area contributed by atoms with Gasteiger partial charge in [-0.25, -0.2) is 0 Å². The summed E-state index contributed by atoms with van der Waals surface area (Å²) in [6, 6.07) is 7.51. The molecule has 2 atom stereocenters. The van der Waals surface area contributed by atoms with Gasteiger partial charge in [0.2, 0.25) is 5.91 Å². The van der Waals surface area contributed by atoms with Gasteiger partial charge in [0.1, 0.15) is 5.75 Å². The van der Waals surface area contributed by atoms with Crippen LogP contribution in [-0.2, 0) is 9.59 Å². The van der Waals surface area contributed by atoms with Gasteiger partial charge in [0.05, 0.1) is 18.8 Å². The van der Waals surface area contributed by atoms with E-state index in [2.05, 4.69) is 6.92 Å². The van der Waals surface area contributed by atoms with Crippen LogP contribution in [-0.4, -0.2) is 46.2 Å². The topological polar surface area (TPSA) is 87.1 Å². The molecule has 1 aliphatic heterocycles. The summed E-state index contributed by atoms with van der Waals surface area (Å²) in [5, 5.41) is 19.2. The molecule has 0 aliphatic carbocycles. The molecule has 1 amide bonds. The number of aliphatic hydroxyl groups excluding tert-OH is 1. The lowest BCUT2D eigenvalue weighted by atomic mass is 10.1. The van der Waals surface area contributed by atoms with Crippen LogP contribution >= 0.6 is 0 Å². The Balaban J connectivity index is 1.83. The lowest BCUT2D eigenvalue weighted by molar-refractivity contribution is -0.137. The molecular weight excluding hydrogens is 382 g/mol. The summed E-state index contributed by atoms with van der Waals surface area (Å²) in [5.74, 6) is 0.150. The number of amides is 1. The number of carboxylic acid groups (broad SMARTS) is 1. The van der Waals surface area contributed by atoms with Crippen LogP contribution in [0.3, 0.4) is 0 Å². The SMILES string of the molecule is CCCCOc1cccc([C@H](O)/C=C/C2CCC(=O)N2CCCCCCC(=O)O)c1. The molecule has 1 aromatic rings. The fourth-order valence-corrected chi connectivity index (χ4v) is 3.63. The van der Waals surface area contributed by atoms with Crippen molar-refractivity contribution < 1.29 is 24.5 Å². The first-order chi connectivity index (χ1) is 14.5. The highest BCUT2D eigenvalue weighted by atomic mass is 16.5. The summed E-state index contributed by atoms with van der Waals surface area (Å²) in [6.07, 6.45) is 9.86. The van der Waals surface area contributed by atoms with Crippen molar-refractivity contribution >= 4 is 11.9 Å². The van der Waals surface area contributed by atoms with Gasteiger partial charge in [-0.1, -0.05) is 50.5 Å². The van der Waals surface area contributed by atoms with E-state index in [0.717, 1.165) is 49.8 Å². The number of hydrogen-bond acceptors (Lipinski definition) is 4. The average Bonchev–Trinajstić information content (AvgIpc) is 3.08. The molecule has 0 radical (unpaired) electrons. The van der Waals surface area contributed by atoms with Gasteiger partial charge in [-0.3, -0.25) is 9.59 Å². The minimum absolute atomic E-state index is 0.00940. The molecule has 1 fully saturated rings. The summed E-state index contributed by atoms with van der Waals surface area (Å²) in [7, 11) is 0. The van der Waals surface area contributed by atoms with E-state index in [0.29, 0.717) is 26.0 Å². The van der Waals surface area contributed by atoms with Crippen molar-refractivity contribution in [1.29, 1.82) is 0 Å². The van der Waals surface area contributed by atoms with Crippen LogP contribution in [0.5, 0.6) is 5.75 Å². The van der Waals surface area contributed by atoms with Crippen molar-refractivity contribution in [1.82, 2.24) is 4.90 Å². The van der Waals surface area contributed by atoms with Crippen molar-refractivity contribution in [3.05, 3.63) is 42.0 Å². The quantitative estimate of drug-likeness (QED) is 0.344. The summed E-state index contributed by atoms with van der Waals surface area (Å²) in [6.45, 7) is 3.46. The first kappa shape index (κ1) is 23.9. The molecule has 0 aromatic heterocycles. The van der Waals surface area contributed by atoms with E-state index in [4.69, 9.17) is 9.84 Å². The Labute approximate surface area is 179 Å². The Bertz CT molecular complexity index is 703. The van der Waals surface area contributed by atoms with Gasteiger partial charge in [0.25, 0.3) is 0 Å². The number of unbranched alkanes of at least 4 members (excludes halogenated alkanes) is 4. The first-order valence-corrected chi connectivity index (χ1v) is 11.1. The molecule has 0 bridgehead atoms. The lowest BCUT2D eigenvalue weighted by Gasteiger charge is -2.22. The molecule has 30 heavy (non-hydrogen) atoms. The molecular formula is C24H35NO5. The normalized spacial score (nSPS) is 17.6. The third-order valence-electron chi connectivity index (χ3n) is 5.40. The highest BCUT2D eigenvalue weighted by Crippen LogP contribution is 2.24. The first-order valence-electron chi connectivity index (χ1n) is 11.1. The van der Waals surface area contributed by atoms with Gasteiger partial charge >= 0.3 is 5.97 Å².